The molecular formula is C17H13ClN4O. The summed E-state index contributed by atoms with van der Waals surface area (Å²) in [5.74, 6) is 0.457. The van der Waals surface area contributed by atoms with Crippen molar-refractivity contribution in [3.05, 3.63) is 77.7 Å². The minimum absolute atomic E-state index is 0.228. The number of hydrogen-bond acceptors (Lipinski definition) is 3. The number of carbonyl (C=O) groups excluding carboxylic acids is 1. The van der Waals surface area contributed by atoms with E-state index in [-0.39, 0.29) is 5.91 Å². The van der Waals surface area contributed by atoms with Gasteiger partial charge in [0.15, 0.2) is 5.82 Å². The standard InChI is InChI=1S/C17H13ClN4O/c18-14-5-2-13(3-6-14)4-9-17(23)21-15-7-8-16(19-12-15)22-11-1-10-20-22/h1-12H,(H,21,23)/b9-4+. The fourth-order valence-electron chi connectivity index (χ4n) is 1.93. The minimum Gasteiger partial charge on any atom is -0.321 e. The van der Waals surface area contributed by atoms with Gasteiger partial charge in [-0.25, -0.2) is 9.67 Å². The number of rotatable bonds is 4. The van der Waals surface area contributed by atoms with E-state index in [2.05, 4.69) is 15.4 Å². The second-order valence-corrected chi connectivity index (χ2v) is 5.17. The molecule has 0 spiro atoms. The van der Waals surface area contributed by atoms with Crippen molar-refractivity contribution in [2.75, 3.05) is 5.32 Å². The summed E-state index contributed by atoms with van der Waals surface area (Å²) in [5.41, 5.74) is 1.52. The van der Waals surface area contributed by atoms with Gasteiger partial charge in [-0.3, -0.25) is 4.79 Å². The molecule has 0 aliphatic heterocycles. The van der Waals surface area contributed by atoms with Gasteiger partial charge in [-0.15, -0.1) is 0 Å². The number of amides is 1. The predicted octanol–water partition coefficient (Wildman–Crippen LogP) is 3.57. The van der Waals surface area contributed by atoms with Crippen LogP contribution in [0.25, 0.3) is 11.9 Å². The Balaban J connectivity index is 1.62. The molecule has 0 bridgehead atoms. The highest BCUT2D eigenvalue weighted by Crippen LogP contribution is 2.11. The fourth-order valence-corrected chi connectivity index (χ4v) is 2.06. The van der Waals surface area contributed by atoms with Gasteiger partial charge in [-0.2, -0.15) is 5.10 Å². The summed E-state index contributed by atoms with van der Waals surface area (Å²) in [6, 6.07) is 12.6. The number of halogens is 1. The molecule has 0 saturated heterocycles. The van der Waals surface area contributed by atoms with Crippen LogP contribution in [0.1, 0.15) is 5.56 Å². The summed E-state index contributed by atoms with van der Waals surface area (Å²) in [5, 5.41) is 7.51. The molecule has 0 aliphatic carbocycles. The van der Waals surface area contributed by atoms with Crippen LogP contribution >= 0.6 is 11.6 Å². The van der Waals surface area contributed by atoms with Crippen molar-refractivity contribution >= 4 is 29.3 Å². The lowest BCUT2D eigenvalue weighted by Gasteiger charge is -2.04. The molecule has 6 heteroatoms. The van der Waals surface area contributed by atoms with Crippen molar-refractivity contribution in [3.63, 3.8) is 0 Å². The van der Waals surface area contributed by atoms with Crippen LogP contribution in [0, 0.1) is 0 Å². The molecule has 5 nitrogen and oxygen atoms in total. The molecule has 0 radical (unpaired) electrons. The number of nitrogens with zero attached hydrogens (tertiary/aromatic N) is 3. The molecular weight excluding hydrogens is 312 g/mol. The SMILES string of the molecule is O=C(/C=C/c1ccc(Cl)cc1)Nc1ccc(-n2cccn2)nc1. The van der Waals surface area contributed by atoms with E-state index in [4.69, 9.17) is 11.6 Å². The van der Waals surface area contributed by atoms with Crippen molar-refractivity contribution in [2.45, 2.75) is 0 Å². The van der Waals surface area contributed by atoms with Gasteiger partial charge in [0, 0.05) is 23.5 Å². The van der Waals surface area contributed by atoms with Crippen LogP contribution in [0.2, 0.25) is 5.02 Å². The second-order valence-electron chi connectivity index (χ2n) is 4.73. The topological polar surface area (TPSA) is 59.8 Å². The Morgan fingerprint density at radius 2 is 2.00 bits per heavy atom. The highest BCUT2D eigenvalue weighted by Gasteiger charge is 2.01. The number of benzene rings is 1. The van der Waals surface area contributed by atoms with Crippen LogP contribution in [0.4, 0.5) is 5.69 Å². The molecule has 114 valence electrons. The Morgan fingerprint density at radius 1 is 1.17 bits per heavy atom. The number of carbonyl (C=O) groups is 1. The van der Waals surface area contributed by atoms with Crippen LogP contribution in [-0.2, 0) is 4.79 Å². The first-order valence-corrected chi connectivity index (χ1v) is 7.29. The Bertz CT molecular complexity index is 809. The summed E-state index contributed by atoms with van der Waals surface area (Å²) in [7, 11) is 0. The van der Waals surface area contributed by atoms with Crippen LogP contribution in [-0.4, -0.2) is 20.7 Å². The third-order valence-electron chi connectivity index (χ3n) is 3.05. The van der Waals surface area contributed by atoms with Gasteiger partial charge in [-0.05, 0) is 42.0 Å². The Kier molecular flexibility index (Phi) is 4.49. The maximum absolute atomic E-state index is 11.9. The van der Waals surface area contributed by atoms with Crippen LogP contribution in [0.3, 0.4) is 0 Å². The van der Waals surface area contributed by atoms with Gasteiger partial charge < -0.3 is 5.32 Å². The first-order chi connectivity index (χ1) is 11.2. The van der Waals surface area contributed by atoms with E-state index >= 15 is 0 Å². The predicted molar refractivity (Wildman–Crippen MR) is 90.5 cm³/mol. The van der Waals surface area contributed by atoms with E-state index in [0.717, 1.165) is 5.56 Å². The molecule has 1 N–H and O–H groups in total. The zero-order valence-corrected chi connectivity index (χ0v) is 12.8. The molecule has 0 saturated carbocycles. The molecule has 2 aromatic heterocycles. The quantitative estimate of drug-likeness (QED) is 0.746. The summed E-state index contributed by atoms with van der Waals surface area (Å²) < 4.78 is 1.64. The third kappa shape index (κ3) is 4.05. The molecule has 1 amide bonds. The summed E-state index contributed by atoms with van der Waals surface area (Å²) in [6.45, 7) is 0. The van der Waals surface area contributed by atoms with E-state index < -0.39 is 0 Å². The van der Waals surface area contributed by atoms with Crippen molar-refractivity contribution in [1.82, 2.24) is 14.8 Å². The van der Waals surface area contributed by atoms with E-state index in [1.807, 2.05) is 18.2 Å². The van der Waals surface area contributed by atoms with Crippen LogP contribution < -0.4 is 5.32 Å². The molecule has 0 unspecified atom stereocenters. The summed E-state index contributed by atoms with van der Waals surface area (Å²) >= 11 is 5.81. The lowest BCUT2D eigenvalue weighted by Crippen LogP contribution is -2.08. The molecule has 3 rings (SSSR count). The normalized spacial score (nSPS) is 10.8. The first-order valence-electron chi connectivity index (χ1n) is 6.91. The molecule has 0 fully saturated rings. The molecule has 3 aromatic rings. The Hall–Kier alpha value is -2.92. The van der Waals surface area contributed by atoms with Crippen molar-refractivity contribution in [2.24, 2.45) is 0 Å². The van der Waals surface area contributed by atoms with Gasteiger partial charge in [0.1, 0.15) is 0 Å². The summed E-state index contributed by atoms with van der Waals surface area (Å²) in [4.78, 5) is 16.1. The van der Waals surface area contributed by atoms with Crippen LogP contribution in [0.5, 0.6) is 0 Å². The first kappa shape index (κ1) is 15.0. The van der Waals surface area contributed by atoms with Gasteiger partial charge >= 0.3 is 0 Å². The highest BCUT2D eigenvalue weighted by molar-refractivity contribution is 6.30. The molecule has 1 aromatic carbocycles. The van der Waals surface area contributed by atoms with Crippen LogP contribution in [0.15, 0.2) is 67.1 Å². The number of aromatic nitrogens is 3. The fraction of sp³-hybridized carbons (Fsp3) is 0. The lowest BCUT2D eigenvalue weighted by atomic mass is 10.2. The average molecular weight is 325 g/mol. The smallest absolute Gasteiger partial charge is 0.248 e. The largest absolute Gasteiger partial charge is 0.321 e. The number of hydrogen-bond donors (Lipinski definition) is 1. The minimum atomic E-state index is -0.228. The van der Waals surface area contributed by atoms with Gasteiger partial charge in [0.25, 0.3) is 0 Å². The van der Waals surface area contributed by atoms with Crippen molar-refractivity contribution in [1.29, 1.82) is 0 Å². The lowest BCUT2D eigenvalue weighted by molar-refractivity contribution is -0.111. The molecule has 0 atom stereocenters. The zero-order chi connectivity index (χ0) is 16.1. The van der Waals surface area contributed by atoms with E-state index in [9.17, 15) is 4.79 Å². The van der Waals surface area contributed by atoms with Crippen molar-refractivity contribution < 1.29 is 4.79 Å². The third-order valence-corrected chi connectivity index (χ3v) is 3.30. The van der Waals surface area contributed by atoms with Crippen molar-refractivity contribution in [3.8, 4) is 5.82 Å². The molecule has 23 heavy (non-hydrogen) atoms. The number of pyridine rings is 1. The van der Waals surface area contributed by atoms with Gasteiger partial charge in [0.2, 0.25) is 5.91 Å². The highest BCUT2D eigenvalue weighted by atomic mass is 35.5. The average Bonchev–Trinajstić information content (AvgIpc) is 3.09. The summed E-state index contributed by atoms with van der Waals surface area (Å²) in [6.07, 6.45) is 8.25. The van der Waals surface area contributed by atoms with Gasteiger partial charge in [-0.1, -0.05) is 23.7 Å². The molecule has 2 heterocycles. The zero-order valence-electron chi connectivity index (χ0n) is 12.1. The maximum atomic E-state index is 11.9. The van der Waals surface area contributed by atoms with E-state index in [1.165, 1.54) is 6.08 Å². The molecule has 0 aliphatic rings. The van der Waals surface area contributed by atoms with Gasteiger partial charge in [0.05, 0.1) is 11.9 Å². The second kappa shape index (κ2) is 6.89. The Labute approximate surface area is 138 Å². The maximum Gasteiger partial charge on any atom is 0.248 e. The van der Waals surface area contributed by atoms with E-state index in [0.29, 0.717) is 16.5 Å². The van der Waals surface area contributed by atoms with E-state index in [1.54, 1.807) is 53.6 Å². The number of anilines is 1. The monoisotopic (exact) mass is 324 g/mol. The number of nitrogens with one attached hydrogen (secondary N) is 1. The Morgan fingerprint density at radius 3 is 2.65 bits per heavy atom.